The van der Waals surface area contributed by atoms with Crippen LogP contribution in [-0.4, -0.2) is 4.37 Å². The van der Waals surface area contributed by atoms with Crippen LogP contribution in [0.5, 0.6) is 5.06 Å². The normalized spacial score (nSPS) is 10.7. The van der Waals surface area contributed by atoms with Gasteiger partial charge in [-0.3, -0.25) is 0 Å². The topological polar surface area (TPSA) is 48.1 Å². The summed E-state index contributed by atoms with van der Waals surface area (Å²) < 4.78 is 10.1. The molecule has 0 fully saturated rings. The van der Waals surface area contributed by atoms with Gasteiger partial charge in [-0.05, 0) is 29.8 Å². The van der Waals surface area contributed by atoms with Gasteiger partial charge >= 0.3 is 0 Å². The van der Waals surface area contributed by atoms with Gasteiger partial charge in [-0.25, -0.2) is 0 Å². The maximum atomic E-state index is 5.80. The van der Waals surface area contributed by atoms with E-state index in [2.05, 4.69) is 4.37 Å². The smallest absolute Gasteiger partial charge is 0.201 e. The molecule has 0 radical (unpaired) electrons. The second-order valence-electron chi connectivity index (χ2n) is 4.02. The maximum absolute atomic E-state index is 5.80. The van der Waals surface area contributed by atoms with Crippen LogP contribution in [0.1, 0.15) is 5.56 Å². The second-order valence-corrected chi connectivity index (χ2v) is 4.75. The van der Waals surface area contributed by atoms with Crippen LogP contribution in [-0.2, 0) is 6.61 Å². The Hall–Kier alpha value is -2.07. The largest absolute Gasteiger partial charge is 0.478 e. The molecule has 0 unspecified atom stereocenters. The Labute approximate surface area is 109 Å². The highest BCUT2D eigenvalue weighted by Gasteiger charge is 2.06. The summed E-state index contributed by atoms with van der Waals surface area (Å²) >= 11 is 1.39. The van der Waals surface area contributed by atoms with Crippen molar-refractivity contribution in [1.29, 1.82) is 0 Å². The van der Waals surface area contributed by atoms with E-state index in [1.165, 1.54) is 11.5 Å². The lowest BCUT2D eigenvalue weighted by Gasteiger charge is -2.04. The van der Waals surface area contributed by atoms with E-state index in [1.54, 1.807) is 0 Å². The van der Waals surface area contributed by atoms with Crippen LogP contribution in [0.4, 0.5) is 5.69 Å². The molecule has 0 amide bonds. The molecule has 0 atom stereocenters. The van der Waals surface area contributed by atoms with Crippen molar-refractivity contribution < 1.29 is 4.74 Å². The number of nitrogens with two attached hydrogens (primary N) is 1. The number of nitrogens with zero attached hydrogens (tertiary/aromatic N) is 1. The summed E-state index contributed by atoms with van der Waals surface area (Å²) in [4.78, 5) is 0. The maximum Gasteiger partial charge on any atom is 0.201 e. The summed E-state index contributed by atoms with van der Waals surface area (Å²) in [5.41, 5.74) is 8.49. The van der Waals surface area contributed by atoms with Gasteiger partial charge in [-0.2, -0.15) is 4.37 Å². The van der Waals surface area contributed by atoms with Gasteiger partial charge in [-0.15, -0.1) is 0 Å². The van der Waals surface area contributed by atoms with E-state index in [4.69, 9.17) is 10.5 Å². The number of benzene rings is 2. The van der Waals surface area contributed by atoms with Crippen LogP contribution in [0, 0.1) is 0 Å². The molecule has 0 bridgehead atoms. The van der Waals surface area contributed by atoms with Crippen molar-refractivity contribution in [2.75, 3.05) is 5.73 Å². The molecule has 18 heavy (non-hydrogen) atoms. The fourth-order valence-electron chi connectivity index (χ4n) is 1.73. The molecule has 0 aliphatic rings. The second kappa shape index (κ2) is 4.66. The number of fused-ring (bicyclic) bond motifs is 1. The fourth-order valence-corrected chi connectivity index (χ4v) is 2.46. The first kappa shape index (κ1) is 11.0. The van der Waals surface area contributed by atoms with Gasteiger partial charge in [0.2, 0.25) is 5.06 Å². The molecular weight excluding hydrogens is 244 g/mol. The molecule has 4 heteroatoms. The van der Waals surface area contributed by atoms with Crippen LogP contribution in [0.2, 0.25) is 0 Å². The third-order valence-electron chi connectivity index (χ3n) is 2.70. The van der Waals surface area contributed by atoms with Crippen molar-refractivity contribution in [3.8, 4) is 5.06 Å². The van der Waals surface area contributed by atoms with Gasteiger partial charge in [0.25, 0.3) is 0 Å². The predicted octanol–water partition coefficient (Wildman–Crippen LogP) is 3.46. The van der Waals surface area contributed by atoms with E-state index >= 15 is 0 Å². The summed E-state index contributed by atoms with van der Waals surface area (Å²) in [5, 5.41) is 1.93. The van der Waals surface area contributed by atoms with Crippen LogP contribution in [0.25, 0.3) is 10.9 Å². The van der Waals surface area contributed by atoms with Crippen LogP contribution < -0.4 is 10.5 Å². The number of hydrogen-bond acceptors (Lipinski definition) is 4. The van der Waals surface area contributed by atoms with Gasteiger partial charge < -0.3 is 10.5 Å². The monoisotopic (exact) mass is 256 g/mol. The minimum Gasteiger partial charge on any atom is -0.478 e. The van der Waals surface area contributed by atoms with E-state index in [9.17, 15) is 0 Å². The van der Waals surface area contributed by atoms with Gasteiger partial charge in [0.15, 0.2) is 0 Å². The summed E-state index contributed by atoms with van der Waals surface area (Å²) in [7, 11) is 0. The van der Waals surface area contributed by atoms with E-state index in [0.29, 0.717) is 6.61 Å². The lowest BCUT2D eigenvalue weighted by Crippen LogP contribution is -1.94. The fraction of sp³-hybridized carbons (Fsp3) is 0.0714. The zero-order valence-corrected chi connectivity index (χ0v) is 10.5. The molecule has 3 aromatic rings. The lowest BCUT2D eigenvalue weighted by molar-refractivity contribution is 0.319. The zero-order chi connectivity index (χ0) is 12.4. The van der Waals surface area contributed by atoms with Crippen molar-refractivity contribution >= 4 is 28.1 Å². The Morgan fingerprint density at radius 2 is 1.83 bits per heavy atom. The number of aromatic nitrogens is 1. The van der Waals surface area contributed by atoms with E-state index < -0.39 is 0 Å². The average molecular weight is 256 g/mol. The van der Waals surface area contributed by atoms with E-state index in [-0.39, 0.29) is 0 Å². The predicted molar refractivity (Wildman–Crippen MR) is 74.8 cm³/mol. The molecule has 2 aromatic carbocycles. The number of ether oxygens (including phenoxy) is 1. The molecule has 2 N–H and O–H groups in total. The molecule has 0 spiro atoms. The Bertz CT molecular complexity index is 661. The van der Waals surface area contributed by atoms with Crippen molar-refractivity contribution in [2.45, 2.75) is 6.61 Å². The molecule has 0 saturated heterocycles. The third kappa shape index (κ3) is 2.15. The summed E-state index contributed by atoms with van der Waals surface area (Å²) in [6, 6.07) is 15.7. The Morgan fingerprint density at radius 3 is 2.67 bits per heavy atom. The van der Waals surface area contributed by atoms with Gasteiger partial charge in [0.1, 0.15) is 6.61 Å². The lowest BCUT2D eigenvalue weighted by atomic mass is 10.2. The molecule has 0 aliphatic heterocycles. The minimum atomic E-state index is 0.534. The molecule has 1 aromatic heterocycles. The quantitative estimate of drug-likeness (QED) is 0.730. The van der Waals surface area contributed by atoms with Gasteiger partial charge in [-0.1, -0.05) is 24.3 Å². The average Bonchev–Trinajstić information content (AvgIpc) is 2.82. The molecule has 3 rings (SSSR count). The summed E-state index contributed by atoms with van der Waals surface area (Å²) in [5.74, 6) is 0. The van der Waals surface area contributed by atoms with Crippen LogP contribution in [0.3, 0.4) is 0 Å². The number of hydrogen-bond donors (Lipinski definition) is 1. The third-order valence-corrected chi connectivity index (χ3v) is 3.49. The first-order chi connectivity index (χ1) is 8.83. The SMILES string of the molecule is Nc1ccc(COc2snc3ccccc23)cc1. The van der Waals surface area contributed by atoms with Crippen LogP contribution >= 0.6 is 11.5 Å². The van der Waals surface area contributed by atoms with Crippen LogP contribution in [0.15, 0.2) is 48.5 Å². The summed E-state index contributed by atoms with van der Waals surface area (Å²) in [6.07, 6.45) is 0. The summed E-state index contributed by atoms with van der Waals surface area (Å²) in [6.45, 7) is 0.534. The standard InChI is InChI=1S/C14H12N2OS/c15-11-7-5-10(6-8-11)9-17-14-12-3-1-2-4-13(12)16-18-14/h1-8H,9,15H2. The number of nitrogen functional groups attached to an aromatic ring is 1. The van der Waals surface area contributed by atoms with Crippen molar-refractivity contribution in [2.24, 2.45) is 0 Å². The van der Waals surface area contributed by atoms with Crippen molar-refractivity contribution in [3.05, 3.63) is 54.1 Å². The zero-order valence-electron chi connectivity index (χ0n) is 9.67. The van der Waals surface area contributed by atoms with E-state index in [0.717, 1.165) is 27.2 Å². The molecule has 0 aliphatic carbocycles. The minimum absolute atomic E-state index is 0.534. The van der Waals surface area contributed by atoms with E-state index in [1.807, 2.05) is 48.5 Å². The highest BCUT2D eigenvalue weighted by atomic mass is 32.1. The van der Waals surface area contributed by atoms with Gasteiger partial charge in [0, 0.05) is 17.2 Å². The Morgan fingerprint density at radius 1 is 1.06 bits per heavy atom. The van der Waals surface area contributed by atoms with Crippen molar-refractivity contribution in [3.63, 3.8) is 0 Å². The highest BCUT2D eigenvalue weighted by Crippen LogP contribution is 2.30. The molecule has 1 heterocycles. The first-order valence-electron chi connectivity index (χ1n) is 5.64. The molecule has 3 nitrogen and oxygen atoms in total. The number of rotatable bonds is 3. The molecular formula is C14H12N2OS. The van der Waals surface area contributed by atoms with Crippen molar-refractivity contribution in [1.82, 2.24) is 4.37 Å². The highest BCUT2D eigenvalue weighted by molar-refractivity contribution is 7.09. The number of anilines is 1. The van der Waals surface area contributed by atoms with Gasteiger partial charge in [0.05, 0.1) is 10.9 Å². The first-order valence-corrected chi connectivity index (χ1v) is 6.42. The molecule has 90 valence electrons. The Kier molecular flexibility index (Phi) is 2.86. The molecule has 0 saturated carbocycles. The Balaban J connectivity index is 1.79.